The van der Waals surface area contributed by atoms with E-state index in [0.717, 1.165) is 0 Å². The maximum absolute atomic E-state index is 12.1. The molecule has 0 aromatic rings. The molecule has 1 N–H and O–H groups in total. The third kappa shape index (κ3) is 2.33. The SMILES string of the molecule is O=S(=O)(C1CCOCC1)N1CC[C@H](O)C1. The molecule has 15 heavy (non-hydrogen) atoms. The van der Waals surface area contributed by atoms with Gasteiger partial charge in [-0.2, -0.15) is 4.31 Å². The van der Waals surface area contributed by atoms with Crippen LogP contribution in [0.1, 0.15) is 19.3 Å². The van der Waals surface area contributed by atoms with Gasteiger partial charge in [0.25, 0.3) is 0 Å². The van der Waals surface area contributed by atoms with E-state index in [2.05, 4.69) is 0 Å². The van der Waals surface area contributed by atoms with Crippen LogP contribution in [0.5, 0.6) is 0 Å². The summed E-state index contributed by atoms with van der Waals surface area (Å²) in [6.07, 6.45) is 1.23. The summed E-state index contributed by atoms with van der Waals surface area (Å²) in [5.74, 6) is 0. The largest absolute Gasteiger partial charge is 0.392 e. The van der Waals surface area contributed by atoms with E-state index >= 15 is 0 Å². The number of hydrogen-bond acceptors (Lipinski definition) is 4. The first-order valence-electron chi connectivity index (χ1n) is 5.35. The number of ether oxygens (including phenoxy) is 1. The van der Waals surface area contributed by atoms with Crippen molar-refractivity contribution in [1.82, 2.24) is 4.31 Å². The Morgan fingerprint density at radius 2 is 1.87 bits per heavy atom. The molecule has 2 fully saturated rings. The zero-order chi connectivity index (χ0) is 10.9. The molecule has 2 aliphatic rings. The molecule has 6 heteroatoms. The van der Waals surface area contributed by atoms with E-state index in [1.165, 1.54) is 4.31 Å². The summed E-state index contributed by atoms with van der Waals surface area (Å²) in [6, 6.07) is 0. The molecule has 0 aromatic heterocycles. The lowest BCUT2D eigenvalue weighted by molar-refractivity contribution is 0.0972. The molecule has 2 saturated heterocycles. The molecular formula is C9H17NO4S. The first kappa shape index (κ1) is 11.3. The Morgan fingerprint density at radius 3 is 2.40 bits per heavy atom. The number of hydrogen-bond donors (Lipinski definition) is 1. The Bertz CT molecular complexity index is 299. The van der Waals surface area contributed by atoms with Crippen LogP contribution < -0.4 is 0 Å². The second-order valence-electron chi connectivity index (χ2n) is 4.16. The molecule has 2 heterocycles. The number of rotatable bonds is 2. The summed E-state index contributed by atoms with van der Waals surface area (Å²) in [4.78, 5) is 0. The molecule has 5 nitrogen and oxygen atoms in total. The number of sulfonamides is 1. The van der Waals surface area contributed by atoms with Crippen LogP contribution in [0.4, 0.5) is 0 Å². The van der Waals surface area contributed by atoms with Crippen molar-refractivity contribution in [1.29, 1.82) is 0 Å². The Kier molecular flexibility index (Phi) is 3.30. The van der Waals surface area contributed by atoms with Crippen LogP contribution in [0, 0.1) is 0 Å². The van der Waals surface area contributed by atoms with Crippen LogP contribution in [-0.4, -0.2) is 55.5 Å². The van der Waals surface area contributed by atoms with Crippen LogP contribution in [0.25, 0.3) is 0 Å². The smallest absolute Gasteiger partial charge is 0.217 e. The molecule has 0 radical (unpaired) electrons. The average Bonchev–Trinajstić information content (AvgIpc) is 2.67. The minimum atomic E-state index is -3.20. The molecule has 0 amide bonds. The molecule has 0 aromatic carbocycles. The predicted octanol–water partition coefficient (Wildman–Crippen LogP) is -0.438. The number of aliphatic hydroxyl groups excluding tert-OH is 1. The van der Waals surface area contributed by atoms with Crippen molar-refractivity contribution in [2.45, 2.75) is 30.6 Å². The van der Waals surface area contributed by atoms with Crippen LogP contribution >= 0.6 is 0 Å². The van der Waals surface area contributed by atoms with Crippen LogP contribution in [-0.2, 0) is 14.8 Å². The third-order valence-electron chi connectivity index (χ3n) is 3.08. The molecule has 1 atom stereocenters. The maximum Gasteiger partial charge on any atom is 0.217 e. The van der Waals surface area contributed by atoms with E-state index in [-0.39, 0.29) is 11.8 Å². The molecule has 2 aliphatic heterocycles. The zero-order valence-electron chi connectivity index (χ0n) is 8.63. The Labute approximate surface area is 90.1 Å². The Morgan fingerprint density at radius 1 is 1.20 bits per heavy atom. The monoisotopic (exact) mass is 235 g/mol. The van der Waals surface area contributed by atoms with Gasteiger partial charge in [0.15, 0.2) is 0 Å². The lowest BCUT2D eigenvalue weighted by atomic mass is 10.2. The van der Waals surface area contributed by atoms with Crippen LogP contribution in [0.15, 0.2) is 0 Å². The zero-order valence-corrected chi connectivity index (χ0v) is 9.45. The van der Waals surface area contributed by atoms with Crippen molar-refractivity contribution in [3.05, 3.63) is 0 Å². The molecule has 0 saturated carbocycles. The van der Waals surface area contributed by atoms with Gasteiger partial charge in [0, 0.05) is 26.3 Å². The first-order valence-corrected chi connectivity index (χ1v) is 6.86. The fourth-order valence-corrected chi connectivity index (χ4v) is 4.08. The summed E-state index contributed by atoms with van der Waals surface area (Å²) in [5, 5.41) is 9.02. The van der Waals surface area contributed by atoms with Gasteiger partial charge in [0.05, 0.1) is 11.4 Å². The standard InChI is InChI=1S/C9H17NO4S/c11-8-1-4-10(7-8)15(12,13)9-2-5-14-6-3-9/h8-9,11H,1-7H2/t8-/m0/s1. The van der Waals surface area contributed by atoms with Gasteiger partial charge in [-0.1, -0.05) is 0 Å². The lowest BCUT2D eigenvalue weighted by Crippen LogP contribution is -2.40. The fraction of sp³-hybridized carbons (Fsp3) is 1.00. The highest BCUT2D eigenvalue weighted by atomic mass is 32.2. The van der Waals surface area contributed by atoms with Gasteiger partial charge in [-0.3, -0.25) is 0 Å². The fourth-order valence-electron chi connectivity index (χ4n) is 2.13. The van der Waals surface area contributed by atoms with E-state index in [1.54, 1.807) is 0 Å². The normalized spacial score (nSPS) is 30.9. The Balaban J connectivity index is 2.05. The number of aliphatic hydroxyl groups is 1. The minimum Gasteiger partial charge on any atom is -0.392 e. The highest BCUT2D eigenvalue weighted by Crippen LogP contribution is 2.23. The molecule has 0 aliphatic carbocycles. The summed E-state index contributed by atoms with van der Waals surface area (Å²) >= 11 is 0. The summed E-state index contributed by atoms with van der Waals surface area (Å²) in [5.41, 5.74) is 0. The second kappa shape index (κ2) is 4.37. The van der Waals surface area contributed by atoms with Crippen molar-refractivity contribution in [3.63, 3.8) is 0 Å². The Hall–Kier alpha value is -0.170. The van der Waals surface area contributed by atoms with Gasteiger partial charge in [0.1, 0.15) is 0 Å². The highest BCUT2D eigenvalue weighted by Gasteiger charge is 2.36. The molecular weight excluding hydrogens is 218 g/mol. The molecule has 88 valence electrons. The average molecular weight is 235 g/mol. The van der Waals surface area contributed by atoms with Crippen molar-refractivity contribution >= 4 is 10.0 Å². The van der Waals surface area contributed by atoms with Crippen LogP contribution in [0.3, 0.4) is 0 Å². The number of β-amino-alcohol motifs (C(OH)–C–C–N with tert-alkyl or cyclic N) is 1. The van der Waals surface area contributed by atoms with Crippen molar-refractivity contribution in [2.75, 3.05) is 26.3 Å². The summed E-state index contributed by atoms with van der Waals surface area (Å²) in [6.45, 7) is 1.78. The minimum absolute atomic E-state index is 0.264. The molecule has 0 bridgehead atoms. The molecule has 2 rings (SSSR count). The van der Waals surface area contributed by atoms with E-state index in [1.807, 2.05) is 0 Å². The molecule has 0 spiro atoms. The van der Waals surface area contributed by atoms with Crippen molar-refractivity contribution in [3.8, 4) is 0 Å². The van der Waals surface area contributed by atoms with E-state index in [0.29, 0.717) is 39.0 Å². The van der Waals surface area contributed by atoms with Gasteiger partial charge < -0.3 is 9.84 Å². The summed E-state index contributed by atoms with van der Waals surface area (Å²) in [7, 11) is -3.20. The quantitative estimate of drug-likeness (QED) is 0.705. The third-order valence-corrected chi connectivity index (χ3v) is 5.44. The van der Waals surface area contributed by atoms with Gasteiger partial charge >= 0.3 is 0 Å². The summed E-state index contributed by atoms with van der Waals surface area (Å²) < 4.78 is 30.8. The van der Waals surface area contributed by atoms with E-state index in [9.17, 15) is 13.5 Å². The molecule has 0 unspecified atom stereocenters. The van der Waals surface area contributed by atoms with Crippen LogP contribution in [0.2, 0.25) is 0 Å². The second-order valence-corrected chi connectivity index (χ2v) is 6.37. The van der Waals surface area contributed by atoms with E-state index < -0.39 is 16.1 Å². The van der Waals surface area contributed by atoms with Gasteiger partial charge in [-0.05, 0) is 19.3 Å². The van der Waals surface area contributed by atoms with Gasteiger partial charge in [-0.15, -0.1) is 0 Å². The van der Waals surface area contributed by atoms with E-state index in [4.69, 9.17) is 4.74 Å². The maximum atomic E-state index is 12.1. The highest BCUT2D eigenvalue weighted by molar-refractivity contribution is 7.89. The number of nitrogens with zero attached hydrogens (tertiary/aromatic N) is 1. The first-order chi connectivity index (χ1) is 7.10. The lowest BCUT2D eigenvalue weighted by Gasteiger charge is -2.26. The van der Waals surface area contributed by atoms with Gasteiger partial charge in [0.2, 0.25) is 10.0 Å². The predicted molar refractivity (Wildman–Crippen MR) is 55.0 cm³/mol. The topological polar surface area (TPSA) is 66.8 Å². The van der Waals surface area contributed by atoms with Crippen molar-refractivity contribution in [2.24, 2.45) is 0 Å². The van der Waals surface area contributed by atoms with Gasteiger partial charge in [-0.25, -0.2) is 8.42 Å². The van der Waals surface area contributed by atoms with Crippen molar-refractivity contribution < 1.29 is 18.3 Å².